The third kappa shape index (κ3) is 3.11. The number of methoxy groups -OCH3 is 1. The highest BCUT2D eigenvalue weighted by molar-refractivity contribution is 5.79. The summed E-state index contributed by atoms with van der Waals surface area (Å²) in [4.78, 5) is 14.5. The maximum absolute atomic E-state index is 12.5. The molecule has 1 aliphatic carbocycles. The molecular weight excluding hydrogens is 380 g/mol. The highest BCUT2D eigenvalue weighted by Gasteiger charge is 2.32. The molecule has 1 amide bonds. The third-order valence-corrected chi connectivity index (χ3v) is 6.46. The number of piperidine rings is 1. The number of pyridine rings is 1. The second-order valence-electron chi connectivity index (χ2n) is 8.15. The van der Waals surface area contributed by atoms with Crippen LogP contribution < -0.4 is 4.74 Å². The van der Waals surface area contributed by atoms with Crippen molar-refractivity contribution in [1.82, 2.24) is 24.3 Å². The van der Waals surface area contributed by atoms with Crippen molar-refractivity contribution in [1.29, 1.82) is 5.26 Å². The quantitative estimate of drug-likeness (QED) is 0.667. The number of nitrogens with zero attached hydrogens (tertiary/aromatic N) is 6. The van der Waals surface area contributed by atoms with E-state index in [2.05, 4.69) is 16.3 Å². The Morgan fingerprint density at radius 3 is 2.60 bits per heavy atom. The molecule has 1 saturated heterocycles. The molecular formula is C22H24N6O2. The van der Waals surface area contributed by atoms with Gasteiger partial charge in [-0.05, 0) is 31.7 Å². The summed E-state index contributed by atoms with van der Waals surface area (Å²) >= 11 is 0. The molecule has 3 aromatic heterocycles. The molecule has 0 spiro atoms. The minimum absolute atomic E-state index is 0.270. The van der Waals surface area contributed by atoms with Gasteiger partial charge in [-0.25, -0.2) is 4.52 Å². The second kappa shape index (κ2) is 7.48. The second-order valence-corrected chi connectivity index (χ2v) is 8.15. The predicted octanol–water partition coefficient (Wildman–Crippen LogP) is 3.04. The largest absolute Gasteiger partial charge is 0.494 e. The van der Waals surface area contributed by atoms with Crippen LogP contribution in [0.2, 0.25) is 0 Å². The summed E-state index contributed by atoms with van der Waals surface area (Å²) in [5, 5.41) is 18.2. The summed E-state index contributed by atoms with van der Waals surface area (Å²) in [5.41, 5.74) is 3.05. The number of likely N-dealkylation sites (tertiary alicyclic amines) is 1. The molecule has 30 heavy (non-hydrogen) atoms. The molecule has 0 atom stereocenters. The van der Waals surface area contributed by atoms with Crippen LogP contribution in [0.5, 0.6) is 5.75 Å². The average Bonchev–Trinajstić information content (AvgIpc) is 3.39. The van der Waals surface area contributed by atoms with Gasteiger partial charge in [-0.2, -0.15) is 15.5 Å². The maximum Gasteiger partial charge on any atom is 0.225 e. The lowest BCUT2D eigenvalue weighted by Gasteiger charge is -2.36. The van der Waals surface area contributed by atoms with Crippen LogP contribution in [0.4, 0.5) is 0 Å². The van der Waals surface area contributed by atoms with Crippen molar-refractivity contribution in [3.8, 4) is 22.9 Å². The van der Waals surface area contributed by atoms with Crippen molar-refractivity contribution in [2.75, 3.05) is 20.2 Å². The number of carbonyl (C=O) groups is 1. The van der Waals surface area contributed by atoms with Gasteiger partial charge in [-0.15, -0.1) is 0 Å². The Morgan fingerprint density at radius 1 is 1.13 bits per heavy atom. The molecule has 5 rings (SSSR count). The summed E-state index contributed by atoms with van der Waals surface area (Å²) in [6.45, 7) is 1.61. The number of carbonyl (C=O) groups excluding carboxylic acids is 1. The van der Waals surface area contributed by atoms with E-state index in [-0.39, 0.29) is 5.92 Å². The van der Waals surface area contributed by atoms with Gasteiger partial charge in [0.05, 0.1) is 25.5 Å². The Kier molecular flexibility index (Phi) is 4.66. The van der Waals surface area contributed by atoms with Crippen molar-refractivity contribution in [3.05, 3.63) is 36.4 Å². The zero-order valence-electron chi connectivity index (χ0n) is 17.0. The van der Waals surface area contributed by atoms with E-state index in [1.165, 1.54) is 6.42 Å². The first-order valence-electron chi connectivity index (χ1n) is 10.5. The van der Waals surface area contributed by atoms with Gasteiger partial charge in [0, 0.05) is 42.5 Å². The van der Waals surface area contributed by atoms with Gasteiger partial charge < -0.3 is 9.64 Å². The third-order valence-electron chi connectivity index (χ3n) is 6.46. The molecule has 1 aliphatic heterocycles. The Bertz CT molecular complexity index is 1130. The number of aromatic nitrogens is 4. The van der Waals surface area contributed by atoms with Crippen LogP contribution in [0, 0.1) is 17.2 Å². The van der Waals surface area contributed by atoms with E-state index < -0.39 is 0 Å². The first-order chi connectivity index (χ1) is 14.7. The van der Waals surface area contributed by atoms with Crippen molar-refractivity contribution in [2.24, 2.45) is 5.92 Å². The fourth-order valence-electron chi connectivity index (χ4n) is 4.43. The van der Waals surface area contributed by atoms with Crippen LogP contribution in [0.3, 0.4) is 0 Å². The van der Waals surface area contributed by atoms with Crippen LogP contribution in [0.1, 0.15) is 43.7 Å². The molecule has 154 valence electrons. The molecule has 8 nitrogen and oxygen atoms in total. The maximum atomic E-state index is 12.5. The zero-order chi connectivity index (χ0) is 20.7. The van der Waals surface area contributed by atoms with E-state index in [1.807, 2.05) is 34.2 Å². The highest BCUT2D eigenvalue weighted by Crippen LogP contribution is 2.33. The van der Waals surface area contributed by atoms with Gasteiger partial charge >= 0.3 is 0 Å². The monoisotopic (exact) mass is 404 g/mol. The summed E-state index contributed by atoms with van der Waals surface area (Å²) < 4.78 is 9.19. The number of fused-ring (bicyclic) bond motifs is 1. The SMILES string of the molecule is COc1cc(-c2cnn(C3CCN(C(=O)C4CCC4)CC3)c2)cn2ncc(C#N)c12. The van der Waals surface area contributed by atoms with Crippen molar-refractivity contribution in [2.45, 2.75) is 38.1 Å². The van der Waals surface area contributed by atoms with Crippen molar-refractivity contribution in [3.63, 3.8) is 0 Å². The van der Waals surface area contributed by atoms with Gasteiger partial charge in [0.15, 0.2) is 0 Å². The lowest BCUT2D eigenvalue weighted by Crippen LogP contribution is -2.43. The predicted molar refractivity (Wildman–Crippen MR) is 110 cm³/mol. The Balaban J connectivity index is 1.34. The molecule has 0 bridgehead atoms. The average molecular weight is 404 g/mol. The molecule has 0 unspecified atom stereocenters. The van der Waals surface area contributed by atoms with E-state index in [4.69, 9.17) is 4.74 Å². The number of hydrogen-bond acceptors (Lipinski definition) is 5. The van der Waals surface area contributed by atoms with Gasteiger partial charge in [0.25, 0.3) is 0 Å². The summed E-state index contributed by atoms with van der Waals surface area (Å²) in [6, 6.07) is 4.36. The Morgan fingerprint density at radius 2 is 1.93 bits per heavy atom. The van der Waals surface area contributed by atoms with Crippen molar-refractivity contribution >= 4 is 11.4 Å². The number of ether oxygens (including phenoxy) is 1. The van der Waals surface area contributed by atoms with E-state index in [0.29, 0.717) is 28.8 Å². The van der Waals surface area contributed by atoms with E-state index in [0.717, 1.165) is 49.9 Å². The minimum Gasteiger partial charge on any atom is -0.494 e. The molecule has 1 saturated carbocycles. The highest BCUT2D eigenvalue weighted by atomic mass is 16.5. The van der Waals surface area contributed by atoms with E-state index in [1.54, 1.807) is 17.8 Å². The fraction of sp³-hybridized carbons (Fsp3) is 0.455. The minimum atomic E-state index is 0.270. The molecule has 8 heteroatoms. The smallest absolute Gasteiger partial charge is 0.225 e. The summed E-state index contributed by atoms with van der Waals surface area (Å²) in [7, 11) is 1.59. The molecule has 0 N–H and O–H groups in total. The van der Waals surface area contributed by atoms with Crippen LogP contribution in [-0.2, 0) is 4.79 Å². The Labute approximate surface area is 174 Å². The summed E-state index contributed by atoms with van der Waals surface area (Å²) in [6.07, 6.45) is 12.5. The van der Waals surface area contributed by atoms with E-state index >= 15 is 0 Å². The standard InChI is InChI=1S/C22H24N6O2/c1-30-20-9-16(13-28-21(20)17(10-23)11-25-28)18-12-24-27(14-18)19-5-7-26(8-6-19)22(29)15-3-2-4-15/h9,11-15,19H,2-8H2,1H3. The molecule has 4 heterocycles. The number of nitriles is 1. The lowest BCUT2D eigenvalue weighted by atomic mass is 9.84. The van der Waals surface area contributed by atoms with Gasteiger partial charge in [0.1, 0.15) is 22.9 Å². The van der Waals surface area contributed by atoms with Crippen molar-refractivity contribution < 1.29 is 9.53 Å². The van der Waals surface area contributed by atoms with E-state index in [9.17, 15) is 10.1 Å². The van der Waals surface area contributed by atoms with Crippen LogP contribution in [0.25, 0.3) is 16.6 Å². The van der Waals surface area contributed by atoms with Crippen LogP contribution >= 0.6 is 0 Å². The fourth-order valence-corrected chi connectivity index (χ4v) is 4.43. The topological polar surface area (TPSA) is 88.4 Å². The number of hydrogen-bond donors (Lipinski definition) is 0. The lowest BCUT2D eigenvalue weighted by molar-refractivity contribution is -0.139. The first kappa shape index (κ1) is 18.7. The molecule has 2 fully saturated rings. The molecule has 0 aromatic carbocycles. The normalized spacial score (nSPS) is 17.7. The van der Waals surface area contributed by atoms with Gasteiger partial charge in [-0.1, -0.05) is 6.42 Å². The number of amides is 1. The van der Waals surface area contributed by atoms with Crippen LogP contribution in [-0.4, -0.2) is 50.4 Å². The Hall–Kier alpha value is -3.34. The van der Waals surface area contributed by atoms with Gasteiger partial charge in [-0.3, -0.25) is 9.48 Å². The first-order valence-corrected chi connectivity index (χ1v) is 10.5. The van der Waals surface area contributed by atoms with Gasteiger partial charge in [0.2, 0.25) is 5.91 Å². The molecule has 3 aromatic rings. The number of rotatable bonds is 4. The van der Waals surface area contributed by atoms with Crippen LogP contribution in [0.15, 0.2) is 30.9 Å². The molecule has 0 radical (unpaired) electrons. The zero-order valence-corrected chi connectivity index (χ0v) is 17.0. The summed E-state index contributed by atoms with van der Waals surface area (Å²) in [5.74, 6) is 1.22. The molecule has 2 aliphatic rings.